The monoisotopic (exact) mass is 384 g/mol. The molecule has 0 aromatic heterocycles. The van der Waals surface area contributed by atoms with E-state index in [9.17, 15) is 14.8 Å². The number of amides is 1. The van der Waals surface area contributed by atoms with Crippen molar-refractivity contribution in [2.75, 3.05) is 25.5 Å². The number of nitrogens with one attached hydrogen (secondary N) is 1. The lowest BCUT2D eigenvalue weighted by atomic mass is 9.66. The predicted octanol–water partition coefficient (Wildman–Crippen LogP) is 2.08. The van der Waals surface area contributed by atoms with E-state index in [0.29, 0.717) is 31.5 Å². The highest BCUT2D eigenvalue weighted by Gasteiger charge is 2.66. The summed E-state index contributed by atoms with van der Waals surface area (Å²) in [6.07, 6.45) is 2.34. The Morgan fingerprint density at radius 2 is 2.18 bits per heavy atom. The van der Waals surface area contributed by atoms with Gasteiger partial charge in [-0.2, -0.15) is 0 Å². The third-order valence-electron chi connectivity index (χ3n) is 7.43. The van der Waals surface area contributed by atoms with Gasteiger partial charge in [0.05, 0.1) is 38.0 Å². The van der Waals surface area contributed by atoms with Gasteiger partial charge in [-0.3, -0.25) is 4.79 Å². The molecule has 28 heavy (non-hydrogen) atoms. The first-order valence-corrected chi connectivity index (χ1v) is 9.83. The van der Waals surface area contributed by atoms with Crippen LogP contribution >= 0.6 is 0 Å². The molecule has 7 nitrogen and oxygen atoms in total. The van der Waals surface area contributed by atoms with Crippen LogP contribution in [-0.4, -0.2) is 48.9 Å². The van der Waals surface area contributed by atoms with Crippen LogP contribution in [0, 0.1) is 17.0 Å². The van der Waals surface area contributed by atoms with Crippen molar-refractivity contribution in [2.24, 2.45) is 11.8 Å². The molecule has 7 heteroatoms. The van der Waals surface area contributed by atoms with Crippen LogP contribution < -0.4 is 5.32 Å². The highest BCUT2D eigenvalue weighted by Crippen LogP contribution is 2.56. The number of rotatable bonds is 1. The van der Waals surface area contributed by atoms with Gasteiger partial charge in [0, 0.05) is 24.4 Å². The van der Waals surface area contributed by atoms with Crippen LogP contribution in [0.2, 0.25) is 0 Å². The van der Waals surface area contributed by atoms with Crippen LogP contribution in [0.15, 0.2) is 36.1 Å². The predicted molar refractivity (Wildman–Crippen MR) is 101 cm³/mol. The molecular formula is C21H24N2O5. The smallest absolute Gasteiger partial charge is 0.337 e. The van der Waals surface area contributed by atoms with E-state index in [0.717, 1.165) is 11.3 Å². The van der Waals surface area contributed by atoms with Crippen molar-refractivity contribution in [1.29, 1.82) is 0 Å². The van der Waals surface area contributed by atoms with Crippen molar-refractivity contribution in [3.8, 4) is 0 Å². The molecule has 1 spiro atoms. The van der Waals surface area contributed by atoms with E-state index in [4.69, 9.17) is 9.47 Å². The van der Waals surface area contributed by atoms with Crippen LogP contribution in [0.5, 0.6) is 0 Å². The molecular weight excluding hydrogens is 360 g/mol. The van der Waals surface area contributed by atoms with Gasteiger partial charge in [-0.25, -0.2) is 4.79 Å². The number of esters is 1. The molecule has 1 aromatic carbocycles. The molecule has 4 heterocycles. The zero-order chi connectivity index (χ0) is 19.7. The third kappa shape index (κ3) is 2.11. The van der Waals surface area contributed by atoms with Crippen LogP contribution in [-0.2, 0) is 24.5 Å². The topological polar surface area (TPSA) is 87.7 Å². The molecule has 0 radical (unpaired) electrons. The number of hydrogen-bond donors (Lipinski definition) is 1. The lowest BCUT2D eigenvalue weighted by Gasteiger charge is -2.56. The van der Waals surface area contributed by atoms with Gasteiger partial charge in [0.15, 0.2) is 0 Å². The second-order valence-corrected chi connectivity index (χ2v) is 8.51. The normalized spacial score (nSPS) is 40.7. The standard InChI is InChI=1S/C21H24N2O5/c1-12-14-10-23(26)8-7-21(16-5-3-4-6-17(16)22-20(21)25)18(23)9-13(14)15(11-28-12)19(24)27-2/h3-6,11-14,18H,7-10H2,1-2H3,(H,22,25)/t12-,13-,14+,18-,21-,23-/m0/s1. The van der Waals surface area contributed by atoms with E-state index in [1.807, 2.05) is 31.2 Å². The fourth-order valence-electron chi connectivity index (χ4n) is 6.04. The number of carbonyl (C=O) groups is 2. The summed E-state index contributed by atoms with van der Waals surface area (Å²) in [5, 5.41) is 16.9. The van der Waals surface area contributed by atoms with Gasteiger partial charge in [-0.1, -0.05) is 18.2 Å². The SMILES string of the molecule is COC(=O)C1=CO[C@@H](C)[C@H]2C[N@@+]3([O-])CC[C@@]4(C(=O)Nc5ccccc54)[C@@H]3C[C@H]12. The molecule has 148 valence electrons. The first kappa shape index (κ1) is 17.7. The number of para-hydroxylation sites is 1. The van der Waals surface area contributed by atoms with Crippen molar-refractivity contribution in [3.05, 3.63) is 46.9 Å². The zero-order valence-corrected chi connectivity index (χ0v) is 16.0. The van der Waals surface area contributed by atoms with Gasteiger partial charge in [-0.05, 0) is 18.6 Å². The minimum Gasteiger partial charge on any atom is -0.633 e. The molecule has 0 unspecified atom stereocenters. The molecule has 0 saturated carbocycles. The van der Waals surface area contributed by atoms with Gasteiger partial charge >= 0.3 is 5.97 Å². The van der Waals surface area contributed by atoms with E-state index in [-0.39, 0.29) is 23.8 Å². The van der Waals surface area contributed by atoms with Gasteiger partial charge < -0.3 is 24.6 Å². The van der Waals surface area contributed by atoms with Crippen molar-refractivity contribution in [3.63, 3.8) is 0 Å². The number of anilines is 1. The summed E-state index contributed by atoms with van der Waals surface area (Å²) in [4.78, 5) is 25.5. The Hall–Kier alpha value is -2.38. The second kappa shape index (κ2) is 5.81. The third-order valence-corrected chi connectivity index (χ3v) is 7.43. The van der Waals surface area contributed by atoms with Crippen LogP contribution in [0.1, 0.15) is 25.3 Å². The van der Waals surface area contributed by atoms with Crippen molar-refractivity contribution >= 4 is 17.6 Å². The Balaban J connectivity index is 1.60. The number of hydrogen-bond acceptors (Lipinski definition) is 5. The Morgan fingerprint density at radius 1 is 1.39 bits per heavy atom. The number of benzene rings is 1. The molecule has 2 saturated heterocycles. The number of methoxy groups -OCH3 is 1. The summed E-state index contributed by atoms with van der Waals surface area (Å²) in [6, 6.07) is 7.23. The maximum atomic E-state index is 13.9. The summed E-state index contributed by atoms with van der Waals surface area (Å²) in [6.45, 7) is 2.69. The number of quaternary nitrogens is 1. The summed E-state index contributed by atoms with van der Waals surface area (Å²) in [5.41, 5.74) is 1.37. The van der Waals surface area contributed by atoms with E-state index in [1.54, 1.807) is 0 Å². The highest BCUT2D eigenvalue weighted by atomic mass is 16.6. The maximum absolute atomic E-state index is 13.9. The summed E-state index contributed by atoms with van der Waals surface area (Å²) in [5.74, 6) is -0.715. The van der Waals surface area contributed by atoms with Gasteiger partial charge in [0.2, 0.25) is 5.91 Å². The van der Waals surface area contributed by atoms with E-state index < -0.39 is 22.1 Å². The average molecular weight is 384 g/mol. The molecule has 1 N–H and O–H groups in total. The summed E-state index contributed by atoms with van der Waals surface area (Å²) >= 11 is 0. The highest BCUT2D eigenvalue weighted by molar-refractivity contribution is 6.07. The Bertz CT molecular complexity index is 899. The van der Waals surface area contributed by atoms with Gasteiger partial charge in [0.1, 0.15) is 17.6 Å². The first-order chi connectivity index (χ1) is 13.4. The maximum Gasteiger partial charge on any atom is 0.337 e. The number of piperidine rings is 1. The van der Waals surface area contributed by atoms with Crippen LogP contribution in [0.25, 0.3) is 0 Å². The number of hydroxylamine groups is 3. The van der Waals surface area contributed by atoms with Gasteiger partial charge in [0.25, 0.3) is 0 Å². The van der Waals surface area contributed by atoms with E-state index in [2.05, 4.69) is 5.32 Å². The number of carbonyl (C=O) groups excluding carboxylic acids is 2. The molecule has 0 aliphatic carbocycles. The van der Waals surface area contributed by atoms with Crippen LogP contribution in [0.4, 0.5) is 5.69 Å². The number of nitrogens with zero attached hydrogens (tertiary/aromatic N) is 1. The van der Waals surface area contributed by atoms with Crippen LogP contribution in [0.3, 0.4) is 0 Å². The average Bonchev–Trinajstić information content (AvgIpc) is 3.16. The lowest BCUT2D eigenvalue weighted by molar-refractivity contribution is -0.905. The minimum absolute atomic E-state index is 0.0669. The Kier molecular flexibility index (Phi) is 3.67. The van der Waals surface area contributed by atoms with Gasteiger partial charge in [-0.15, -0.1) is 0 Å². The first-order valence-electron chi connectivity index (χ1n) is 9.83. The Morgan fingerprint density at radius 3 is 2.96 bits per heavy atom. The van der Waals surface area contributed by atoms with Crippen molar-refractivity contribution in [2.45, 2.75) is 37.3 Å². The second-order valence-electron chi connectivity index (χ2n) is 8.51. The zero-order valence-electron chi connectivity index (χ0n) is 16.0. The number of fused-ring (bicyclic) bond motifs is 5. The van der Waals surface area contributed by atoms with Crippen molar-refractivity contribution < 1.29 is 23.7 Å². The molecule has 5 rings (SSSR count). The largest absolute Gasteiger partial charge is 0.633 e. The summed E-state index contributed by atoms with van der Waals surface area (Å²) < 4.78 is 10.2. The quantitative estimate of drug-likeness (QED) is 0.455. The lowest BCUT2D eigenvalue weighted by Crippen LogP contribution is -2.63. The van der Waals surface area contributed by atoms with Crippen molar-refractivity contribution in [1.82, 2.24) is 0 Å². The van der Waals surface area contributed by atoms with E-state index >= 15 is 0 Å². The minimum atomic E-state index is -0.827. The molecule has 4 aliphatic rings. The molecule has 1 amide bonds. The molecule has 1 aromatic rings. The molecule has 4 aliphatic heterocycles. The Labute approximate surface area is 163 Å². The number of ether oxygens (including phenoxy) is 2. The molecule has 2 fully saturated rings. The fraction of sp³-hybridized carbons (Fsp3) is 0.524. The fourth-order valence-corrected chi connectivity index (χ4v) is 6.04. The summed E-state index contributed by atoms with van der Waals surface area (Å²) in [7, 11) is 1.35. The van der Waals surface area contributed by atoms with E-state index in [1.165, 1.54) is 13.4 Å². The molecule has 6 atom stereocenters. The molecule has 0 bridgehead atoms.